The highest BCUT2D eigenvalue weighted by molar-refractivity contribution is 7.80. The normalized spacial score (nSPS) is 18.8. The molecule has 20 heavy (non-hydrogen) atoms. The van der Waals surface area contributed by atoms with Gasteiger partial charge in [-0.1, -0.05) is 24.3 Å². The standard InChI is InChI=1S/C15H20N2O2S/c1-10(2)19-9-13-7-5-4-6-12(13)8-17-14(18)11(3)16-15(17)20/h4-7,10-11H,8-9H2,1-3H3,(H,16,20)/t11-/m0/s1. The van der Waals surface area contributed by atoms with Crippen LogP contribution in [-0.4, -0.2) is 28.1 Å². The summed E-state index contributed by atoms with van der Waals surface area (Å²) in [5.74, 6) is 0.0228. The summed E-state index contributed by atoms with van der Waals surface area (Å²) < 4.78 is 5.66. The second-order valence-electron chi connectivity index (χ2n) is 5.22. The van der Waals surface area contributed by atoms with E-state index < -0.39 is 0 Å². The molecule has 1 amide bonds. The molecule has 1 saturated heterocycles. The fraction of sp³-hybridized carbons (Fsp3) is 0.467. The van der Waals surface area contributed by atoms with E-state index in [1.807, 2.05) is 45.0 Å². The number of hydrogen-bond donors (Lipinski definition) is 1. The second-order valence-corrected chi connectivity index (χ2v) is 5.61. The Balaban J connectivity index is 2.13. The minimum atomic E-state index is -0.235. The molecule has 1 heterocycles. The van der Waals surface area contributed by atoms with Gasteiger partial charge in [0.05, 0.1) is 19.3 Å². The van der Waals surface area contributed by atoms with Gasteiger partial charge < -0.3 is 10.1 Å². The lowest BCUT2D eigenvalue weighted by molar-refractivity contribution is -0.127. The Morgan fingerprint density at radius 2 is 2.00 bits per heavy atom. The van der Waals surface area contributed by atoms with Crippen molar-refractivity contribution >= 4 is 23.2 Å². The average molecular weight is 292 g/mol. The third kappa shape index (κ3) is 3.35. The van der Waals surface area contributed by atoms with E-state index in [9.17, 15) is 4.79 Å². The highest BCUT2D eigenvalue weighted by Gasteiger charge is 2.32. The fourth-order valence-electron chi connectivity index (χ4n) is 2.09. The number of carbonyl (C=O) groups is 1. The monoisotopic (exact) mass is 292 g/mol. The molecule has 0 unspecified atom stereocenters. The largest absolute Gasteiger partial charge is 0.374 e. The molecule has 2 rings (SSSR count). The van der Waals surface area contributed by atoms with Crippen LogP contribution in [0.3, 0.4) is 0 Å². The minimum absolute atomic E-state index is 0.0228. The van der Waals surface area contributed by atoms with Gasteiger partial charge in [0.1, 0.15) is 6.04 Å². The molecule has 1 aliphatic rings. The number of carbonyl (C=O) groups excluding carboxylic acids is 1. The summed E-state index contributed by atoms with van der Waals surface area (Å²) in [5.41, 5.74) is 2.16. The molecule has 4 nitrogen and oxygen atoms in total. The number of hydrogen-bond acceptors (Lipinski definition) is 3. The highest BCUT2D eigenvalue weighted by Crippen LogP contribution is 2.17. The highest BCUT2D eigenvalue weighted by atomic mass is 32.1. The van der Waals surface area contributed by atoms with Crippen LogP contribution in [0, 0.1) is 0 Å². The fourth-order valence-corrected chi connectivity index (χ4v) is 2.42. The predicted molar refractivity (Wildman–Crippen MR) is 82.1 cm³/mol. The van der Waals surface area contributed by atoms with Crippen LogP contribution >= 0.6 is 12.2 Å². The van der Waals surface area contributed by atoms with Crippen molar-refractivity contribution in [3.05, 3.63) is 35.4 Å². The van der Waals surface area contributed by atoms with Gasteiger partial charge in [0.15, 0.2) is 5.11 Å². The van der Waals surface area contributed by atoms with Crippen LogP contribution in [0.2, 0.25) is 0 Å². The maximum absolute atomic E-state index is 12.0. The first-order valence-electron chi connectivity index (χ1n) is 6.79. The van der Waals surface area contributed by atoms with E-state index >= 15 is 0 Å². The molecule has 0 radical (unpaired) electrons. The quantitative estimate of drug-likeness (QED) is 0.845. The van der Waals surface area contributed by atoms with Crippen molar-refractivity contribution in [1.82, 2.24) is 10.2 Å². The molecule has 1 aliphatic heterocycles. The summed E-state index contributed by atoms with van der Waals surface area (Å²) in [5, 5.41) is 3.49. The van der Waals surface area contributed by atoms with E-state index in [-0.39, 0.29) is 18.1 Å². The summed E-state index contributed by atoms with van der Waals surface area (Å²) in [6, 6.07) is 7.75. The lowest BCUT2D eigenvalue weighted by Gasteiger charge is -2.18. The number of amides is 1. The molecular formula is C15H20N2O2S. The number of thiocarbonyl (C=S) groups is 1. The van der Waals surface area contributed by atoms with Gasteiger partial charge in [-0.2, -0.15) is 0 Å². The molecule has 0 bridgehead atoms. The number of nitrogens with one attached hydrogen (secondary N) is 1. The van der Waals surface area contributed by atoms with Gasteiger partial charge in [0, 0.05) is 0 Å². The van der Waals surface area contributed by atoms with Crippen LogP contribution in [0.25, 0.3) is 0 Å². The second kappa shape index (κ2) is 6.33. The summed E-state index contributed by atoms with van der Waals surface area (Å²) in [7, 11) is 0. The summed E-state index contributed by atoms with van der Waals surface area (Å²) in [6.45, 7) is 6.88. The topological polar surface area (TPSA) is 41.6 Å². The van der Waals surface area contributed by atoms with Crippen molar-refractivity contribution in [2.75, 3.05) is 0 Å². The third-order valence-electron chi connectivity index (χ3n) is 3.24. The molecule has 1 N–H and O–H groups in total. The number of benzene rings is 1. The lowest BCUT2D eigenvalue weighted by atomic mass is 10.1. The van der Waals surface area contributed by atoms with Crippen LogP contribution in [0.15, 0.2) is 24.3 Å². The Morgan fingerprint density at radius 3 is 2.55 bits per heavy atom. The lowest BCUT2D eigenvalue weighted by Crippen LogP contribution is -2.30. The third-order valence-corrected chi connectivity index (χ3v) is 3.58. The molecule has 108 valence electrons. The van der Waals surface area contributed by atoms with Gasteiger partial charge in [-0.3, -0.25) is 9.69 Å². The van der Waals surface area contributed by atoms with E-state index in [4.69, 9.17) is 17.0 Å². The zero-order valence-electron chi connectivity index (χ0n) is 12.1. The Bertz CT molecular complexity index is 516. The maximum atomic E-state index is 12.0. The van der Waals surface area contributed by atoms with Gasteiger partial charge in [-0.15, -0.1) is 0 Å². The first kappa shape index (κ1) is 14.9. The summed E-state index contributed by atoms with van der Waals surface area (Å²) >= 11 is 5.21. The molecule has 0 aromatic heterocycles. The first-order chi connectivity index (χ1) is 9.49. The Hall–Kier alpha value is -1.46. The van der Waals surface area contributed by atoms with Crippen LogP contribution < -0.4 is 5.32 Å². The zero-order valence-corrected chi connectivity index (χ0v) is 12.9. The number of rotatable bonds is 5. The average Bonchev–Trinajstić information content (AvgIpc) is 2.64. The maximum Gasteiger partial charge on any atom is 0.251 e. The van der Waals surface area contributed by atoms with Crippen molar-refractivity contribution in [1.29, 1.82) is 0 Å². The van der Waals surface area contributed by atoms with E-state index in [0.29, 0.717) is 18.3 Å². The minimum Gasteiger partial charge on any atom is -0.374 e. The number of ether oxygens (including phenoxy) is 1. The van der Waals surface area contributed by atoms with E-state index in [0.717, 1.165) is 11.1 Å². The van der Waals surface area contributed by atoms with Gasteiger partial charge in [0.2, 0.25) is 0 Å². The molecule has 1 aromatic rings. The predicted octanol–water partition coefficient (Wildman–Crippen LogP) is 2.22. The molecule has 5 heteroatoms. The van der Waals surface area contributed by atoms with Gasteiger partial charge >= 0.3 is 0 Å². The molecule has 0 spiro atoms. The molecule has 1 aromatic carbocycles. The van der Waals surface area contributed by atoms with E-state index in [2.05, 4.69) is 5.32 Å². The van der Waals surface area contributed by atoms with Gasteiger partial charge in [-0.05, 0) is 44.1 Å². The zero-order chi connectivity index (χ0) is 14.7. The van der Waals surface area contributed by atoms with Crippen molar-refractivity contribution in [3.8, 4) is 0 Å². The van der Waals surface area contributed by atoms with E-state index in [1.165, 1.54) is 0 Å². The van der Waals surface area contributed by atoms with Gasteiger partial charge in [-0.25, -0.2) is 0 Å². The Morgan fingerprint density at radius 1 is 1.35 bits per heavy atom. The van der Waals surface area contributed by atoms with Crippen molar-refractivity contribution in [2.45, 2.75) is 46.1 Å². The van der Waals surface area contributed by atoms with Crippen LogP contribution in [0.5, 0.6) is 0 Å². The Kier molecular flexibility index (Phi) is 4.73. The smallest absolute Gasteiger partial charge is 0.251 e. The molecular weight excluding hydrogens is 272 g/mol. The van der Waals surface area contributed by atoms with Crippen molar-refractivity contribution in [2.24, 2.45) is 0 Å². The molecule has 0 aliphatic carbocycles. The van der Waals surface area contributed by atoms with Gasteiger partial charge in [0.25, 0.3) is 5.91 Å². The summed E-state index contributed by atoms with van der Waals surface area (Å²) in [6.07, 6.45) is 0.180. The van der Waals surface area contributed by atoms with Crippen molar-refractivity contribution in [3.63, 3.8) is 0 Å². The number of nitrogens with zero attached hydrogens (tertiary/aromatic N) is 1. The van der Waals surface area contributed by atoms with Crippen LogP contribution in [0.4, 0.5) is 0 Å². The van der Waals surface area contributed by atoms with E-state index in [1.54, 1.807) is 4.90 Å². The summed E-state index contributed by atoms with van der Waals surface area (Å²) in [4.78, 5) is 13.7. The van der Waals surface area contributed by atoms with Crippen LogP contribution in [-0.2, 0) is 22.7 Å². The molecule has 1 fully saturated rings. The molecule has 0 saturated carbocycles. The molecule has 1 atom stereocenters. The Labute approximate surface area is 125 Å². The van der Waals surface area contributed by atoms with Crippen molar-refractivity contribution < 1.29 is 9.53 Å². The SMILES string of the molecule is CC(C)OCc1ccccc1CN1C(=O)[C@H](C)NC1=S. The van der Waals surface area contributed by atoms with Crippen LogP contribution in [0.1, 0.15) is 31.9 Å². The first-order valence-corrected chi connectivity index (χ1v) is 7.20.